The van der Waals surface area contributed by atoms with Gasteiger partial charge in [0.2, 0.25) is 5.91 Å². The highest BCUT2D eigenvalue weighted by molar-refractivity contribution is 5.79. The average Bonchev–Trinajstić information content (AvgIpc) is 3.46. The molecule has 3 aliphatic rings. The van der Waals surface area contributed by atoms with Gasteiger partial charge in [-0.15, -0.1) is 10.2 Å². The van der Waals surface area contributed by atoms with Crippen molar-refractivity contribution in [3.63, 3.8) is 0 Å². The van der Waals surface area contributed by atoms with E-state index in [2.05, 4.69) is 72.7 Å². The molecule has 0 bridgehead atoms. The number of anilines is 2. The summed E-state index contributed by atoms with van der Waals surface area (Å²) in [5.41, 5.74) is 1.45. The maximum Gasteiger partial charge on any atom is 0.223 e. The highest BCUT2D eigenvalue weighted by atomic mass is 16.1. The van der Waals surface area contributed by atoms with Crippen LogP contribution >= 0.6 is 0 Å². The van der Waals surface area contributed by atoms with Gasteiger partial charge in [0.25, 0.3) is 0 Å². The van der Waals surface area contributed by atoms with Crippen LogP contribution in [0.15, 0.2) is 42.5 Å². The molecule has 0 radical (unpaired) electrons. The van der Waals surface area contributed by atoms with Gasteiger partial charge in [0, 0.05) is 45.2 Å². The van der Waals surface area contributed by atoms with Crippen molar-refractivity contribution >= 4 is 17.5 Å². The number of piperidine rings is 2. The van der Waals surface area contributed by atoms with Crippen molar-refractivity contribution < 1.29 is 4.79 Å². The molecule has 1 N–H and O–H groups in total. The van der Waals surface area contributed by atoms with Crippen molar-refractivity contribution in [2.24, 2.45) is 11.8 Å². The van der Waals surface area contributed by atoms with Crippen molar-refractivity contribution in [2.75, 3.05) is 62.2 Å². The maximum atomic E-state index is 12.7. The third-order valence-electron chi connectivity index (χ3n) is 8.06. The summed E-state index contributed by atoms with van der Waals surface area (Å²) in [7, 11) is 0. The highest BCUT2D eigenvalue weighted by Gasteiger charge is 2.26. The van der Waals surface area contributed by atoms with Crippen LogP contribution in [-0.2, 0) is 11.2 Å². The fourth-order valence-corrected chi connectivity index (χ4v) is 5.82. The van der Waals surface area contributed by atoms with E-state index in [0.717, 1.165) is 82.8 Å². The average molecular weight is 477 g/mol. The topological polar surface area (TPSA) is 64.6 Å². The third-order valence-corrected chi connectivity index (χ3v) is 8.06. The van der Waals surface area contributed by atoms with E-state index in [1.54, 1.807) is 0 Å². The molecule has 5 rings (SSSR count). The first kappa shape index (κ1) is 24.0. The second-order valence-corrected chi connectivity index (χ2v) is 10.5. The Morgan fingerprint density at radius 1 is 0.800 bits per heavy atom. The molecule has 3 saturated heterocycles. The molecule has 0 atom stereocenters. The number of benzene rings is 1. The quantitative estimate of drug-likeness (QED) is 0.630. The van der Waals surface area contributed by atoms with E-state index < -0.39 is 0 Å². The Balaban J connectivity index is 0.975. The van der Waals surface area contributed by atoms with Gasteiger partial charge in [0.1, 0.15) is 0 Å². The maximum absolute atomic E-state index is 12.7. The lowest BCUT2D eigenvalue weighted by Gasteiger charge is -2.33. The minimum Gasteiger partial charge on any atom is -0.355 e. The number of carbonyl (C=O) groups excluding carboxylic acids is 1. The van der Waals surface area contributed by atoms with Crippen LogP contribution in [0, 0.1) is 11.8 Å². The molecule has 1 aromatic heterocycles. The van der Waals surface area contributed by atoms with Crippen molar-refractivity contribution in [1.29, 1.82) is 0 Å². The minimum atomic E-state index is 0.111. The van der Waals surface area contributed by atoms with Crippen LogP contribution in [0.25, 0.3) is 0 Å². The first-order valence-corrected chi connectivity index (χ1v) is 13.6. The first-order valence-electron chi connectivity index (χ1n) is 13.6. The van der Waals surface area contributed by atoms with Gasteiger partial charge in [0.05, 0.1) is 0 Å². The van der Waals surface area contributed by atoms with Crippen molar-refractivity contribution in [2.45, 2.75) is 44.9 Å². The summed E-state index contributed by atoms with van der Waals surface area (Å²) in [6.45, 7) is 7.90. The van der Waals surface area contributed by atoms with Crippen LogP contribution in [0.3, 0.4) is 0 Å². The molecule has 0 unspecified atom stereocenters. The minimum absolute atomic E-state index is 0.111. The predicted octanol–water partition coefficient (Wildman–Crippen LogP) is 3.36. The van der Waals surface area contributed by atoms with Crippen molar-refractivity contribution in [3.8, 4) is 0 Å². The smallest absolute Gasteiger partial charge is 0.223 e. The van der Waals surface area contributed by atoms with Gasteiger partial charge >= 0.3 is 0 Å². The molecule has 4 heterocycles. The van der Waals surface area contributed by atoms with Crippen LogP contribution < -0.4 is 15.1 Å². The number of aromatic nitrogens is 2. The molecule has 0 spiro atoms. The lowest BCUT2D eigenvalue weighted by atomic mass is 9.90. The molecule has 3 fully saturated rings. The van der Waals surface area contributed by atoms with Crippen LogP contribution in [-0.4, -0.2) is 73.4 Å². The van der Waals surface area contributed by atoms with Gasteiger partial charge in [-0.2, -0.15) is 0 Å². The highest BCUT2D eigenvalue weighted by Crippen LogP contribution is 2.24. The van der Waals surface area contributed by atoms with Gasteiger partial charge in [-0.05, 0) is 81.6 Å². The van der Waals surface area contributed by atoms with E-state index in [1.165, 1.54) is 37.7 Å². The molecule has 0 saturated carbocycles. The number of nitrogens with zero attached hydrogens (tertiary/aromatic N) is 5. The Hall–Kier alpha value is -2.67. The summed E-state index contributed by atoms with van der Waals surface area (Å²) in [4.78, 5) is 19.8. The second kappa shape index (κ2) is 11.8. The van der Waals surface area contributed by atoms with Crippen LogP contribution in [0.5, 0.6) is 0 Å². The van der Waals surface area contributed by atoms with E-state index in [0.29, 0.717) is 0 Å². The molecule has 35 heavy (non-hydrogen) atoms. The fraction of sp³-hybridized carbons (Fsp3) is 0.607. The van der Waals surface area contributed by atoms with Crippen molar-refractivity contribution in [1.82, 2.24) is 20.4 Å². The van der Waals surface area contributed by atoms with E-state index >= 15 is 0 Å². The number of carbonyl (C=O) groups is 1. The molecule has 3 aliphatic heterocycles. The number of hydrogen-bond donors (Lipinski definition) is 1. The second-order valence-electron chi connectivity index (χ2n) is 10.5. The molecule has 7 nitrogen and oxygen atoms in total. The first-order chi connectivity index (χ1) is 17.2. The normalized spacial score (nSPS) is 20.3. The zero-order valence-electron chi connectivity index (χ0n) is 20.9. The van der Waals surface area contributed by atoms with Gasteiger partial charge in [0.15, 0.2) is 11.6 Å². The fourth-order valence-electron chi connectivity index (χ4n) is 5.82. The SMILES string of the molecule is O=C(NCCN1CCC(Cc2ccccc2)CC1)C1CCN(c2ccc(N3CCCC3)nn2)CC1. The summed E-state index contributed by atoms with van der Waals surface area (Å²) in [5, 5.41) is 12.1. The van der Waals surface area contributed by atoms with Crippen LogP contribution in [0.2, 0.25) is 0 Å². The molecular weight excluding hydrogens is 436 g/mol. The van der Waals surface area contributed by atoms with Crippen LogP contribution in [0.4, 0.5) is 11.6 Å². The van der Waals surface area contributed by atoms with E-state index in [1.807, 2.05) is 0 Å². The molecule has 1 aromatic carbocycles. The number of rotatable bonds is 8. The molecule has 0 aliphatic carbocycles. The number of hydrogen-bond acceptors (Lipinski definition) is 6. The standard InChI is InChI=1S/C28H40N6O/c35-28(29-14-21-32-17-10-24(11-18-32)22-23-6-2-1-3-7-23)25-12-19-34(20-13-25)27-9-8-26(30-31-27)33-15-4-5-16-33/h1-3,6-9,24-25H,4-5,10-22H2,(H,29,35). The number of nitrogens with one attached hydrogen (secondary N) is 1. The molecule has 1 amide bonds. The van der Waals surface area contributed by atoms with E-state index in [4.69, 9.17) is 0 Å². The zero-order chi connectivity index (χ0) is 23.9. The Morgan fingerprint density at radius 2 is 1.43 bits per heavy atom. The zero-order valence-corrected chi connectivity index (χ0v) is 20.9. The Labute approximate surface area is 209 Å². The van der Waals surface area contributed by atoms with Crippen LogP contribution in [0.1, 0.15) is 44.1 Å². The molecular formula is C28H40N6O. The summed E-state index contributed by atoms with van der Waals surface area (Å²) >= 11 is 0. The number of likely N-dealkylation sites (tertiary alicyclic amines) is 1. The molecule has 188 valence electrons. The Kier molecular flexibility index (Phi) is 8.14. The summed E-state index contributed by atoms with van der Waals surface area (Å²) < 4.78 is 0. The summed E-state index contributed by atoms with van der Waals surface area (Å²) in [6, 6.07) is 15.0. The van der Waals surface area contributed by atoms with Gasteiger partial charge in [-0.3, -0.25) is 4.79 Å². The lowest BCUT2D eigenvalue weighted by Crippen LogP contribution is -2.44. The van der Waals surface area contributed by atoms with Gasteiger partial charge < -0.3 is 20.0 Å². The van der Waals surface area contributed by atoms with E-state index in [-0.39, 0.29) is 11.8 Å². The van der Waals surface area contributed by atoms with Gasteiger partial charge in [-0.25, -0.2) is 0 Å². The predicted molar refractivity (Wildman–Crippen MR) is 141 cm³/mol. The summed E-state index contributed by atoms with van der Waals surface area (Å²) in [6.07, 6.45) is 7.95. The molecule has 7 heteroatoms. The molecule has 2 aromatic rings. The largest absolute Gasteiger partial charge is 0.355 e. The summed E-state index contributed by atoms with van der Waals surface area (Å²) in [5.74, 6) is 3.04. The third kappa shape index (κ3) is 6.51. The Bertz CT molecular complexity index is 914. The van der Waals surface area contributed by atoms with E-state index in [9.17, 15) is 4.79 Å². The van der Waals surface area contributed by atoms with Crippen molar-refractivity contribution in [3.05, 3.63) is 48.0 Å². The monoisotopic (exact) mass is 476 g/mol. The Morgan fingerprint density at radius 3 is 2.06 bits per heavy atom. The number of amides is 1. The van der Waals surface area contributed by atoms with Gasteiger partial charge in [-0.1, -0.05) is 30.3 Å². The lowest BCUT2D eigenvalue weighted by molar-refractivity contribution is -0.125.